The summed E-state index contributed by atoms with van der Waals surface area (Å²) in [6.45, 7) is 10.6. The fourth-order valence-corrected chi connectivity index (χ4v) is 6.32. The third kappa shape index (κ3) is 2.85. The monoisotopic (exact) mass is 371 g/mol. The number of hydrogen-bond acceptors (Lipinski definition) is 3. The minimum atomic E-state index is -0.229. The summed E-state index contributed by atoms with van der Waals surface area (Å²) in [6, 6.07) is 0.432. The Bertz CT molecular complexity index is 722. The molecule has 0 aromatic heterocycles. The maximum atomic E-state index is 12.9. The van der Waals surface area contributed by atoms with E-state index in [9.17, 15) is 9.59 Å². The molecule has 2 saturated carbocycles. The molecule has 5 heteroatoms. The van der Waals surface area contributed by atoms with E-state index in [2.05, 4.69) is 30.6 Å². The van der Waals surface area contributed by atoms with Crippen LogP contribution in [0.25, 0.3) is 0 Å². The average Bonchev–Trinajstić information content (AvgIpc) is 2.91. The molecule has 2 heterocycles. The zero-order valence-corrected chi connectivity index (χ0v) is 17.2. The number of rotatable bonds is 1. The minimum Gasteiger partial charge on any atom is -0.351 e. The topological polar surface area (TPSA) is 70.6 Å². The molecule has 2 N–H and O–H groups in total. The van der Waals surface area contributed by atoms with Gasteiger partial charge in [0.1, 0.15) is 0 Å². The molecule has 27 heavy (non-hydrogen) atoms. The molecular formula is C22H33N3O2. The van der Waals surface area contributed by atoms with Crippen LogP contribution in [0.2, 0.25) is 0 Å². The van der Waals surface area contributed by atoms with Crippen molar-refractivity contribution in [2.75, 3.05) is 0 Å². The van der Waals surface area contributed by atoms with Crippen LogP contribution >= 0.6 is 0 Å². The van der Waals surface area contributed by atoms with Gasteiger partial charge in [-0.1, -0.05) is 19.9 Å². The molecule has 2 aliphatic heterocycles. The van der Waals surface area contributed by atoms with Gasteiger partial charge in [-0.2, -0.15) is 0 Å². The van der Waals surface area contributed by atoms with Gasteiger partial charge in [-0.05, 0) is 64.4 Å². The maximum Gasteiger partial charge on any atom is 0.243 e. The van der Waals surface area contributed by atoms with Gasteiger partial charge in [-0.3, -0.25) is 14.6 Å². The van der Waals surface area contributed by atoms with Crippen LogP contribution in [0.5, 0.6) is 0 Å². The van der Waals surface area contributed by atoms with Crippen LogP contribution in [0.4, 0.5) is 0 Å². The Morgan fingerprint density at radius 3 is 2.70 bits per heavy atom. The van der Waals surface area contributed by atoms with Crippen molar-refractivity contribution >= 4 is 18.0 Å². The Morgan fingerprint density at radius 2 is 2.00 bits per heavy atom. The van der Waals surface area contributed by atoms with E-state index in [1.807, 2.05) is 27.0 Å². The van der Waals surface area contributed by atoms with Gasteiger partial charge >= 0.3 is 0 Å². The lowest BCUT2D eigenvalue weighted by molar-refractivity contribution is -0.131. The number of hydrogen-bond donors (Lipinski definition) is 2. The molecule has 7 atom stereocenters. The number of nitrogens with zero attached hydrogens (tertiary/aromatic N) is 1. The summed E-state index contributed by atoms with van der Waals surface area (Å²) in [4.78, 5) is 29.7. The third-order valence-corrected chi connectivity index (χ3v) is 7.73. The lowest BCUT2D eigenvalue weighted by Gasteiger charge is -2.57. The Kier molecular flexibility index (Phi) is 4.10. The second-order valence-corrected chi connectivity index (χ2v) is 10.6. The van der Waals surface area contributed by atoms with Gasteiger partial charge in [-0.15, -0.1) is 0 Å². The van der Waals surface area contributed by atoms with E-state index in [-0.39, 0.29) is 46.2 Å². The number of carbonyl (C=O) groups excluding carboxylic acids is 2. The van der Waals surface area contributed by atoms with Crippen LogP contribution < -0.4 is 10.6 Å². The first-order valence-corrected chi connectivity index (χ1v) is 10.4. The Balaban J connectivity index is 1.59. The number of nitrogens with one attached hydrogen (secondary N) is 2. The lowest BCUT2D eigenvalue weighted by atomic mass is 9.49. The summed E-state index contributed by atoms with van der Waals surface area (Å²) < 4.78 is 0. The number of aliphatic imine (C=N–C) groups is 1. The molecule has 2 fully saturated rings. The summed E-state index contributed by atoms with van der Waals surface area (Å²) in [5.41, 5.74) is -0.325. The van der Waals surface area contributed by atoms with Crippen molar-refractivity contribution in [2.24, 2.45) is 33.6 Å². The van der Waals surface area contributed by atoms with Gasteiger partial charge in [0.05, 0.1) is 12.0 Å². The highest BCUT2D eigenvalue weighted by Crippen LogP contribution is 2.60. The predicted octanol–water partition coefficient (Wildman–Crippen LogP) is 2.86. The minimum absolute atomic E-state index is 0.000564. The third-order valence-electron chi connectivity index (χ3n) is 7.73. The van der Waals surface area contributed by atoms with E-state index in [1.165, 1.54) is 0 Å². The Labute approximate surface area is 162 Å². The largest absolute Gasteiger partial charge is 0.351 e. The quantitative estimate of drug-likeness (QED) is 0.744. The van der Waals surface area contributed by atoms with Crippen LogP contribution in [0.1, 0.15) is 60.3 Å². The van der Waals surface area contributed by atoms with Gasteiger partial charge in [-0.25, -0.2) is 0 Å². The molecule has 2 amide bonds. The summed E-state index contributed by atoms with van der Waals surface area (Å²) in [5, 5.41) is 6.35. The lowest BCUT2D eigenvalue weighted by Crippen LogP contribution is -2.61. The van der Waals surface area contributed by atoms with Crippen LogP contribution in [0.15, 0.2) is 17.1 Å². The highest BCUT2D eigenvalue weighted by atomic mass is 16.2. The van der Waals surface area contributed by atoms with E-state index >= 15 is 0 Å². The van der Waals surface area contributed by atoms with Gasteiger partial charge in [0.25, 0.3) is 0 Å². The smallest absolute Gasteiger partial charge is 0.243 e. The van der Waals surface area contributed by atoms with Crippen molar-refractivity contribution in [2.45, 2.75) is 77.9 Å². The van der Waals surface area contributed by atoms with Crippen molar-refractivity contribution < 1.29 is 9.59 Å². The van der Waals surface area contributed by atoms with E-state index in [0.717, 1.165) is 25.7 Å². The van der Waals surface area contributed by atoms with E-state index in [4.69, 9.17) is 4.99 Å². The van der Waals surface area contributed by atoms with Crippen LogP contribution in [0.3, 0.4) is 0 Å². The Morgan fingerprint density at radius 1 is 1.26 bits per heavy atom. The molecule has 148 valence electrons. The molecular weight excluding hydrogens is 338 g/mol. The normalized spacial score (nSPS) is 45.5. The van der Waals surface area contributed by atoms with Gasteiger partial charge in [0, 0.05) is 28.6 Å². The highest BCUT2D eigenvalue weighted by Gasteiger charge is 2.60. The molecule has 0 aromatic rings. The molecule has 4 rings (SSSR count). The van der Waals surface area contributed by atoms with Crippen molar-refractivity contribution in [3.05, 3.63) is 12.2 Å². The summed E-state index contributed by atoms with van der Waals surface area (Å²) >= 11 is 0. The van der Waals surface area contributed by atoms with E-state index < -0.39 is 0 Å². The first-order chi connectivity index (χ1) is 12.5. The fourth-order valence-electron chi connectivity index (χ4n) is 6.32. The first-order valence-electron chi connectivity index (χ1n) is 10.4. The molecule has 5 nitrogen and oxygen atoms in total. The zero-order chi connectivity index (χ0) is 19.6. The van der Waals surface area contributed by atoms with Crippen molar-refractivity contribution in [3.63, 3.8) is 0 Å². The second-order valence-electron chi connectivity index (χ2n) is 10.6. The number of fused-ring (bicyclic) bond motifs is 5. The number of amides is 2. The van der Waals surface area contributed by atoms with Gasteiger partial charge in [0.2, 0.25) is 11.8 Å². The van der Waals surface area contributed by atoms with Crippen molar-refractivity contribution in [1.29, 1.82) is 0 Å². The summed E-state index contributed by atoms with van der Waals surface area (Å²) in [7, 11) is 0. The van der Waals surface area contributed by atoms with Crippen molar-refractivity contribution in [1.82, 2.24) is 10.6 Å². The fraction of sp³-hybridized carbons (Fsp3) is 0.773. The van der Waals surface area contributed by atoms with E-state index in [0.29, 0.717) is 11.8 Å². The van der Waals surface area contributed by atoms with Crippen molar-refractivity contribution in [3.8, 4) is 0 Å². The first kappa shape index (κ1) is 18.7. The molecule has 0 spiro atoms. The molecule has 0 aromatic carbocycles. The molecule has 4 aliphatic rings. The predicted molar refractivity (Wildman–Crippen MR) is 106 cm³/mol. The maximum absolute atomic E-state index is 12.9. The molecule has 0 bridgehead atoms. The standard InChI is InChI=1S/C22H33N3O2/c1-20(2,3)25-19(27)15-12-23-18-13-6-7-16-21(4,11-9-17(26)24-16)14(13)8-10-22(15,18)5/h9,11-16,18H,6-8,10H2,1-5H3,(H,24,26)(H,25,27). The Hall–Kier alpha value is -1.65. The molecule has 0 radical (unpaired) electrons. The molecule has 2 aliphatic carbocycles. The molecule has 7 unspecified atom stereocenters. The van der Waals surface area contributed by atoms with Gasteiger partial charge < -0.3 is 10.6 Å². The van der Waals surface area contributed by atoms with Crippen LogP contribution in [0, 0.1) is 28.6 Å². The number of carbonyl (C=O) groups is 2. The van der Waals surface area contributed by atoms with E-state index in [1.54, 1.807) is 6.08 Å². The summed E-state index contributed by atoms with van der Waals surface area (Å²) in [5.74, 6) is 0.990. The average molecular weight is 372 g/mol. The van der Waals surface area contributed by atoms with Crippen LogP contribution in [-0.4, -0.2) is 35.7 Å². The zero-order valence-electron chi connectivity index (χ0n) is 17.2. The second kappa shape index (κ2) is 5.92. The van der Waals surface area contributed by atoms with Gasteiger partial charge in [0.15, 0.2) is 0 Å². The summed E-state index contributed by atoms with van der Waals surface area (Å²) in [6.07, 6.45) is 9.96. The molecule has 0 saturated heterocycles. The highest BCUT2D eigenvalue weighted by molar-refractivity contribution is 5.96. The van der Waals surface area contributed by atoms with Crippen LogP contribution in [-0.2, 0) is 9.59 Å². The SMILES string of the molecule is CC(C)(C)NC(=O)C1C=NC2C3CCC4NC(=O)C=CC4(C)C3CCC12C.